The zero-order valence-corrected chi connectivity index (χ0v) is 8.27. The summed E-state index contributed by atoms with van der Waals surface area (Å²) in [5, 5.41) is 14.3. The van der Waals surface area contributed by atoms with Crippen LogP contribution in [-0.4, -0.2) is 29.3 Å². The van der Waals surface area contributed by atoms with Gasteiger partial charge in [0.15, 0.2) is 5.82 Å². The summed E-state index contributed by atoms with van der Waals surface area (Å²) in [4.78, 5) is 0. The first-order valence-electron chi connectivity index (χ1n) is 5.47. The first-order chi connectivity index (χ1) is 6.93. The number of hydrogen-bond acceptors (Lipinski definition) is 3. The molecule has 3 N–H and O–H groups in total. The summed E-state index contributed by atoms with van der Waals surface area (Å²) in [6.45, 7) is 2.20. The molecule has 1 aromatic heterocycles. The van der Waals surface area contributed by atoms with Gasteiger partial charge >= 0.3 is 0 Å². The number of rotatable bonds is 2. The predicted molar refractivity (Wildman–Crippen MR) is 55.5 cm³/mol. The van der Waals surface area contributed by atoms with Crippen LogP contribution >= 0.6 is 0 Å². The van der Waals surface area contributed by atoms with Crippen molar-refractivity contribution in [3.05, 3.63) is 11.3 Å². The van der Waals surface area contributed by atoms with Gasteiger partial charge in [-0.3, -0.25) is 5.10 Å². The quantitative estimate of drug-likeness (QED) is 0.645. The molecule has 1 aliphatic carbocycles. The molecule has 0 amide bonds. The van der Waals surface area contributed by atoms with Crippen LogP contribution in [0.15, 0.2) is 0 Å². The lowest BCUT2D eigenvalue weighted by Crippen LogP contribution is -2.22. The minimum Gasteiger partial charge on any atom is -0.364 e. The van der Waals surface area contributed by atoms with Gasteiger partial charge in [-0.15, -0.1) is 0 Å². The van der Waals surface area contributed by atoms with Crippen molar-refractivity contribution >= 4 is 5.82 Å². The fourth-order valence-corrected chi connectivity index (χ4v) is 2.41. The van der Waals surface area contributed by atoms with Gasteiger partial charge < -0.3 is 10.6 Å². The Morgan fingerprint density at radius 2 is 2.36 bits per heavy atom. The van der Waals surface area contributed by atoms with Crippen LogP contribution in [0.1, 0.15) is 24.1 Å². The molecule has 3 rings (SSSR count). The number of nitrogens with zero attached hydrogens (tertiary/aromatic N) is 1. The van der Waals surface area contributed by atoms with Gasteiger partial charge in [0.1, 0.15) is 0 Å². The second-order valence-corrected chi connectivity index (χ2v) is 4.22. The van der Waals surface area contributed by atoms with E-state index in [4.69, 9.17) is 0 Å². The highest BCUT2D eigenvalue weighted by atomic mass is 15.2. The van der Waals surface area contributed by atoms with Crippen molar-refractivity contribution < 1.29 is 0 Å². The molecule has 1 aromatic rings. The molecule has 14 heavy (non-hydrogen) atoms. The highest BCUT2D eigenvalue weighted by Crippen LogP contribution is 2.26. The highest BCUT2D eigenvalue weighted by molar-refractivity contribution is 5.49. The lowest BCUT2D eigenvalue weighted by Gasteiger charge is -2.10. The average Bonchev–Trinajstić information content (AvgIpc) is 2.85. The molecular formula is C10H16N4. The number of aromatic nitrogens is 2. The van der Waals surface area contributed by atoms with Crippen LogP contribution < -0.4 is 10.6 Å². The van der Waals surface area contributed by atoms with E-state index < -0.39 is 0 Å². The Hall–Kier alpha value is -1.03. The maximum Gasteiger partial charge on any atom is 0.151 e. The first kappa shape index (κ1) is 8.29. The fraction of sp³-hybridized carbons (Fsp3) is 0.700. The van der Waals surface area contributed by atoms with E-state index in [-0.39, 0.29) is 0 Å². The Bertz CT molecular complexity index is 325. The number of fused-ring (bicyclic) bond motifs is 1. The Morgan fingerprint density at radius 3 is 3.21 bits per heavy atom. The molecule has 2 aliphatic rings. The van der Waals surface area contributed by atoms with Crippen molar-refractivity contribution in [3.63, 3.8) is 0 Å². The zero-order valence-electron chi connectivity index (χ0n) is 8.27. The highest BCUT2D eigenvalue weighted by Gasteiger charge is 2.21. The van der Waals surface area contributed by atoms with Gasteiger partial charge in [0, 0.05) is 23.8 Å². The molecule has 0 radical (unpaired) electrons. The maximum absolute atomic E-state index is 4.34. The van der Waals surface area contributed by atoms with Crippen molar-refractivity contribution in [3.8, 4) is 0 Å². The van der Waals surface area contributed by atoms with Crippen molar-refractivity contribution in [2.24, 2.45) is 0 Å². The number of anilines is 1. The van der Waals surface area contributed by atoms with E-state index in [9.17, 15) is 0 Å². The molecule has 76 valence electrons. The van der Waals surface area contributed by atoms with Crippen molar-refractivity contribution in [2.45, 2.75) is 31.7 Å². The molecule has 1 unspecified atom stereocenters. The Morgan fingerprint density at radius 1 is 1.36 bits per heavy atom. The van der Waals surface area contributed by atoms with E-state index in [1.165, 1.54) is 36.9 Å². The van der Waals surface area contributed by atoms with Crippen LogP contribution in [0.2, 0.25) is 0 Å². The Balaban J connectivity index is 1.76. The summed E-state index contributed by atoms with van der Waals surface area (Å²) in [6, 6.07) is 0.572. The second-order valence-electron chi connectivity index (χ2n) is 4.22. The molecular weight excluding hydrogens is 176 g/mol. The van der Waals surface area contributed by atoms with E-state index in [2.05, 4.69) is 20.8 Å². The summed E-state index contributed by atoms with van der Waals surface area (Å²) >= 11 is 0. The number of aryl methyl sites for hydroxylation is 1. The number of H-pyrrole nitrogens is 1. The third-order valence-corrected chi connectivity index (χ3v) is 3.21. The molecule has 1 saturated heterocycles. The smallest absolute Gasteiger partial charge is 0.151 e. The van der Waals surface area contributed by atoms with Crippen LogP contribution in [0.3, 0.4) is 0 Å². The van der Waals surface area contributed by atoms with Gasteiger partial charge in [0.25, 0.3) is 0 Å². The molecule has 4 nitrogen and oxygen atoms in total. The molecule has 1 atom stereocenters. The van der Waals surface area contributed by atoms with Gasteiger partial charge in [-0.05, 0) is 32.2 Å². The van der Waals surface area contributed by atoms with E-state index in [1.54, 1.807) is 0 Å². The van der Waals surface area contributed by atoms with Crippen LogP contribution in [0.25, 0.3) is 0 Å². The van der Waals surface area contributed by atoms with Gasteiger partial charge in [-0.25, -0.2) is 0 Å². The SMILES string of the molecule is C1Cc2[nH]nc(NC3CCNC3)c2C1. The van der Waals surface area contributed by atoms with Crippen LogP contribution in [-0.2, 0) is 12.8 Å². The topological polar surface area (TPSA) is 52.7 Å². The van der Waals surface area contributed by atoms with Crippen LogP contribution in [0.5, 0.6) is 0 Å². The molecule has 2 heterocycles. The lowest BCUT2D eigenvalue weighted by atomic mass is 10.2. The monoisotopic (exact) mass is 192 g/mol. The fourth-order valence-electron chi connectivity index (χ4n) is 2.41. The summed E-state index contributed by atoms with van der Waals surface area (Å²) in [6.07, 6.45) is 4.85. The van der Waals surface area contributed by atoms with Gasteiger partial charge in [0.05, 0.1) is 0 Å². The Labute approximate surface area is 83.5 Å². The summed E-state index contributed by atoms with van der Waals surface area (Å²) in [5.41, 5.74) is 2.77. The van der Waals surface area contributed by atoms with Gasteiger partial charge in [0.2, 0.25) is 0 Å². The molecule has 0 bridgehead atoms. The summed E-state index contributed by atoms with van der Waals surface area (Å²) < 4.78 is 0. The minimum absolute atomic E-state index is 0.572. The second kappa shape index (κ2) is 3.28. The first-order valence-corrected chi connectivity index (χ1v) is 5.47. The van der Waals surface area contributed by atoms with E-state index in [1.807, 2.05) is 0 Å². The largest absolute Gasteiger partial charge is 0.364 e. The van der Waals surface area contributed by atoms with E-state index in [0.29, 0.717) is 6.04 Å². The van der Waals surface area contributed by atoms with Gasteiger partial charge in [-0.1, -0.05) is 0 Å². The van der Waals surface area contributed by atoms with Crippen LogP contribution in [0.4, 0.5) is 5.82 Å². The number of nitrogens with one attached hydrogen (secondary N) is 3. The average molecular weight is 192 g/mol. The van der Waals surface area contributed by atoms with Crippen molar-refractivity contribution in [1.82, 2.24) is 15.5 Å². The molecule has 4 heteroatoms. The van der Waals surface area contributed by atoms with E-state index >= 15 is 0 Å². The van der Waals surface area contributed by atoms with E-state index in [0.717, 1.165) is 18.9 Å². The number of hydrogen-bond donors (Lipinski definition) is 3. The summed E-state index contributed by atoms with van der Waals surface area (Å²) in [7, 11) is 0. The maximum atomic E-state index is 4.34. The third-order valence-electron chi connectivity index (χ3n) is 3.21. The third kappa shape index (κ3) is 1.30. The lowest BCUT2D eigenvalue weighted by molar-refractivity contribution is 0.779. The molecule has 1 fully saturated rings. The summed E-state index contributed by atoms with van der Waals surface area (Å²) in [5.74, 6) is 1.10. The molecule has 0 saturated carbocycles. The van der Waals surface area contributed by atoms with Crippen molar-refractivity contribution in [1.29, 1.82) is 0 Å². The molecule has 0 aromatic carbocycles. The zero-order chi connectivity index (χ0) is 9.38. The van der Waals surface area contributed by atoms with Crippen molar-refractivity contribution in [2.75, 3.05) is 18.4 Å². The molecule has 1 aliphatic heterocycles. The number of aromatic amines is 1. The minimum atomic E-state index is 0.572. The normalized spacial score (nSPS) is 25.3. The predicted octanol–water partition coefficient (Wildman–Crippen LogP) is 0.672. The molecule has 0 spiro atoms. The Kier molecular flexibility index (Phi) is 1.94. The standard InChI is InChI=1S/C10H16N4/c1-2-8-9(3-1)13-14-10(8)12-7-4-5-11-6-7/h7,11H,1-6H2,(H2,12,13,14). The van der Waals surface area contributed by atoms with Gasteiger partial charge in [-0.2, -0.15) is 5.10 Å². The van der Waals surface area contributed by atoms with Crippen LogP contribution in [0, 0.1) is 0 Å².